The van der Waals surface area contributed by atoms with E-state index < -0.39 is 0 Å². The highest BCUT2D eigenvalue weighted by Gasteiger charge is 2.10. The van der Waals surface area contributed by atoms with E-state index in [0.717, 1.165) is 16.1 Å². The van der Waals surface area contributed by atoms with Crippen molar-refractivity contribution in [2.24, 2.45) is 0 Å². The summed E-state index contributed by atoms with van der Waals surface area (Å²) < 4.78 is 5.76. The zero-order valence-corrected chi connectivity index (χ0v) is 16.1. The fourth-order valence-electron chi connectivity index (χ4n) is 2.38. The standard InChI is InChI=1S/C21H18N2O2S2/c24-20(23-21(27)22-18-11-4-5-12-19(18)26)16-9-6-10-17(13-16)25-14-15-7-2-1-3-8-15/h1-13,26H,14H2,(H2,22,23,24,27). The predicted octanol–water partition coefficient (Wildman–Crippen LogP) is 4.68. The molecule has 1 amide bonds. The minimum absolute atomic E-state index is 0.206. The fraction of sp³-hybridized carbons (Fsp3) is 0.0476. The number of benzene rings is 3. The second-order valence-electron chi connectivity index (χ2n) is 5.73. The highest BCUT2D eigenvalue weighted by molar-refractivity contribution is 7.81. The Hall–Kier alpha value is -2.83. The summed E-state index contributed by atoms with van der Waals surface area (Å²) in [6.07, 6.45) is 0. The van der Waals surface area contributed by atoms with Crippen LogP contribution in [0.4, 0.5) is 5.69 Å². The summed E-state index contributed by atoms with van der Waals surface area (Å²) in [5, 5.41) is 5.83. The Kier molecular flexibility index (Phi) is 6.46. The van der Waals surface area contributed by atoms with Gasteiger partial charge < -0.3 is 10.1 Å². The van der Waals surface area contributed by atoms with Gasteiger partial charge in [0.25, 0.3) is 5.91 Å². The lowest BCUT2D eigenvalue weighted by molar-refractivity contribution is 0.0977. The van der Waals surface area contributed by atoms with Gasteiger partial charge in [-0.05, 0) is 48.1 Å². The van der Waals surface area contributed by atoms with Gasteiger partial charge in [-0.25, -0.2) is 0 Å². The lowest BCUT2D eigenvalue weighted by Gasteiger charge is -2.12. The summed E-state index contributed by atoms with van der Waals surface area (Å²) in [6, 6.07) is 24.2. The molecule has 27 heavy (non-hydrogen) atoms. The van der Waals surface area contributed by atoms with Crippen LogP contribution in [0.2, 0.25) is 0 Å². The molecular weight excluding hydrogens is 376 g/mol. The summed E-state index contributed by atoms with van der Waals surface area (Å²) in [4.78, 5) is 13.2. The van der Waals surface area contributed by atoms with Crippen LogP contribution < -0.4 is 15.4 Å². The molecule has 136 valence electrons. The largest absolute Gasteiger partial charge is 0.489 e. The number of carbonyl (C=O) groups excluding carboxylic acids is 1. The van der Waals surface area contributed by atoms with Crippen LogP contribution in [0.25, 0.3) is 0 Å². The Morgan fingerprint density at radius 1 is 0.963 bits per heavy atom. The van der Waals surface area contributed by atoms with Gasteiger partial charge in [0.15, 0.2) is 5.11 Å². The van der Waals surface area contributed by atoms with Gasteiger partial charge in [-0.1, -0.05) is 48.5 Å². The Balaban J connectivity index is 1.59. The Morgan fingerprint density at radius 3 is 2.48 bits per heavy atom. The number of thiol groups is 1. The molecule has 0 saturated heterocycles. The number of amides is 1. The van der Waals surface area contributed by atoms with Gasteiger partial charge in [-0.3, -0.25) is 10.1 Å². The number of hydrogen-bond acceptors (Lipinski definition) is 4. The molecule has 0 aliphatic carbocycles. The van der Waals surface area contributed by atoms with Crippen molar-refractivity contribution in [3.63, 3.8) is 0 Å². The summed E-state index contributed by atoms with van der Waals surface area (Å²) in [6.45, 7) is 0.435. The molecule has 2 N–H and O–H groups in total. The lowest BCUT2D eigenvalue weighted by atomic mass is 10.2. The molecule has 4 nitrogen and oxygen atoms in total. The molecule has 0 heterocycles. The van der Waals surface area contributed by atoms with E-state index in [9.17, 15) is 4.79 Å². The normalized spacial score (nSPS) is 10.1. The maximum atomic E-state index is 12.4. The van der Waals surface area contributed by atoms with Crippen molar-refractivity contribution in [3.8, 4) is 5.75 Å². The van der Waals surface area contributed by atoms with E-state index in [1.165, 1.54) is 0 Å². The second kappa shape index (κ2) is 9.21. The van der Waals surface area contributed by atoms with E-state index in [4.69, 9.17) is 17.0 Å². The van der Waals surface area contributed by atoms with E-state index in [1.807, 2.05) is 60.7 Å². The second-order valence-corrected chi connectivity index (χ2v) is 6.62. The molecule has 0 aliphatic heterocycles. The zero-order valence-electron chi connectivity index (χ0n) is 14.4. The molecule has 0 spiro atoms. The molecule has 0 unspecified atom stereocenters. The maximum Gasteiger partial charge on any atom is 0.257 e. The summed E-state index contributed by atoms with van der Waals surface area (Å²) in [5.74, 6) is 0.306. The molecule has 0 fully saturated rings. The summed E-state index contributed by atoms with van der Waals surface area (Å²) >= 11 is 9.56. The molecule has 0 bridgehead atoms. The van der Waals surface area contributed by atoms with Crippen molar-refractivity contribution in [3.05, 3.63) is 90.0 Å². The first kappa shape index (κ1) is 18.9. The first-order valence-electron chi connectivity index (χ1n) is 8.29. The Morgan fingerprint density at radius 2 is 1.70 bits per heavy atom. The molecule has 0 aliphatic rings. The van der Waals surface area contributed by atoms with Crippen molar-refractivity contribution >= 4 is 41.6 Å². The highest BCUT2D eigenvalue weighted by Crippen LogP contribution is 2.19. The van der Waals surface area contributed by atoms with Crippen LogP contribution in [0.5, 0.6) is 5.75 Å². The molecular formula is C21H18N2O2S2. The van der Waals surface area contributed by atoms with Crippen LogP contribution in [0.15, 0.2) is 83.8 Å². The third-order valence-corrected chi connectivity index (χ3v) is 4.32. The fourth-order valence-corrected chi connectivity index (χ4v) is 2.80. The zero-order chi connectivity index (χ0) is 19.1. The quantitative estimate of drug-likeness (QED) is 0.434. The third-order valence-electron chi connectivity index (χ3n) is 3.72. The van der Waals surface area contributed by atoms with Crippen LogP contribution in [0.1, 0.15) is 15.9 Å². The van der Waals surface area contributed by atoms with Gasteiger partial charge in [0.2, 0.25) is 0 Å². The Bertz CT molecular complexity index is 946. The van der Waals surface area contributed by atoms with E-state index in [0.29, 0.717) is 17.9 Å². The number of ether oxygens (including phenoxy) is 1. The van der Waals surface area contributed by atoms with Crippen molar-refractivity contribution in [2.45, 2.75) is 11.5 Å². The molecule has 0 saturated carbocycles. The minimum atomic E-state index is -0.311. The van der Waals surface area contributed by atoms with Gasteiger partial charge in [-0.2, -0.15) is 0 Å². The number of thiocarbonyl (C=S) groups is 1. The van der Waals surface area contributed by atoms with Crippen LogP contribution in [0.3, 0.4) is 0 Å². The van der Waals surface area contributed by atoms with Gasteiger partial charge in [0.1, 0.15) is 12.4 Å². The number of rotatable bonds is 5. The maximum absolute atomic E-state index is 12.4. The van der Waals surface area contributed by atoms with Crippen LogP contribution in [0, 0.1) is 0 Å². The van der Waals surface area contributed by atoms with E-state index in [1.54, 1.807) is 18.2 Å². The Labute approximate surface area is 169 Å². The number of hydrogen-bond donors (Lipinski definition) is 3. The third kappa shape index (κ3) is 5.57. The minimum Gasteiger partial charge on any atom is -0.489 e. The van der Waals surface area contributed by atoms with E-state index >= 15 is 0 Å². The number of nitrogens with one attached hydrogen (secondary N) is 2. The molecule has 6 heteroatoms. The smallest absolute Gasteiger partial charge is 0.257 e. The van der Waals surface area contributed by atoms with Crippen LogP contribution in [-0.2, 0) is 6.61 Å². The van der Waals surface area contributed by atoms with Gasteiger partial charge in [0.05, 0.1) is 5.69 Å². The van der Waals surface area contributed by atoms with Gasteiger partial charge >= 0.3 is 0 Å². The highest BCUT2D eigenvalue weighted by atomic mass is 32.1. The van der Waals surface area contributed by atoms with Gasteiger partial charge in [-0.15, -0.1) is 12.6 Å². The predicted molar refractivity (Wildman–Crippen MR) is 115 cm³/mol. The summed E-state index contributed by atoms with van der Waals surface area (Å²) in [5.41, 5.74) is 2.25. The molecule has 0 radical (unpaired) electrons. The van der Waals surface area contributed by atoms with Crippen molar-refractivity contribution in [1.29, 1.82) is 0 Å². The van der Waals surface area contributed by atoms with Crippen LogP contribution >= 0.6 is 24.8 Å². The average molecular weight is 395 g/mol. The monoisotopic (exact) mass is 394 g/mol. The van der Waals surface area contributed by atoms with Crippen molar-refractivity contribution in [1.82, 2.24) is 5.32 Å². The molecule has 3 aromatic rings. The number of anilines is 1. The first-order chi connectivity index (χ1) is 13.1. The van der Waals surface area contributed by atoms with Gasteiger partial charge in [0, 0.05) is 10.5 Å². The molecule has 0 aromatic heterocycles. The SMILES string of the molecule is O=C(NC(=S)Nc1ccccc1S)c1cccc(OCc2ccccc2)c1. The first-order valence-corrected chi connectivity index (χ1v) is 9.14. The number of para-hydroxylation sites is 1. The average Bonchev–Trinajstić information content (AvgIpc) is 2.69. The topological polar surface area (TPSA) is 50.4 Å². The summed E-state index contributed by atoms with van der Waals surface area (Å²) in [7, 11) is 0. The van der Waals surface area contributed by atoms with E-state index in [2.05, 4.69) is 23.3 Å². The van der Waals surface area contributed by atoms with E-state index in [-0.39, 0.29) is 11.0 Å². The van der Waals surface area contributed by atoms with Crippen molar-refractivity contribution in [2.75, 3.05) is 5.32 Å². The molecule has 3 rings (SSSR count). The number of carbonyl (C=O) groups is 1. The van der Waals surface area contributed by atoms with Crippen LogP contribution in [-0.4, -0.2) is 11.0 Å². The molecule has 3 aromatic carbocycles. The lowest BCUT2D eigenvalue weighted by Crippen LogP contribution is -2.34. The van der Waals surface area contributed by atoms with Crippen molar-refractivity contribution < 1.29 is 9.53 Å². The molecule has 0 atom stereocenters.